The lowest BCUT2D eigenvalue weighted by Crippen LogP contribution is -2.34. The van der Waals surface area contributed by atoms with E-state index in [-0.39, 0.29) is 23.3 Å². The molecule has 36 heavy (non-hydrogen) atoms. The topological polar surface area (TPSA) is 52.7 Å². The third kappa shape index (κ3) is 7.20. The van der Waals surface area contributed by atoms with Gasteiger partial charge in [-0.25, -0.2) is 0 Å². The summed E-state index contributed by atoms with van der Waals surface area (Å²) in [6.07, 6.45) is 0.431. The van der Waals surface area contributed by atoms with Crippen molar-refractivity contribution < 1.29 is 9.59 Å². The highest BCUT2D eigenvalue weighted by atomic mass is 16.2. The van der Waals surface area contributed by atoms with Crippen LogP contribution in [0.3, 0.4) is 0 Å². The van der Waals surface area contributed by atoms with Gasteiger partial charge in [0.25, 0.3) is 5.91 Å². The van der Waals surface area contributed by atoms with Crippen molar-refractivity contribution in [2.45, 2.75) is 53.6 Å². The lowest BCUT2D eigenvalue weighted by Gasteiger charge is -2.32. The Kier molecular flexibility index (Phi) is 8.57. The predicted molar refractivity (Wildman–Crippen MR) is 149 cm³/mol. The Morgan fingerprint density at radius 3 is 2.22 bits per heavy atom. The molecule has 3 aromatic carbocycles. The highest BCUT2D eigenvalue weighted by molar-refractivity contribution is 5.95. The molecule has 0 saturated heterocycles. The molecular formula is C31H39N3O2. The summed E-state index contributed by atoms with van der Waals surface area (Å²) in [5.41, 5.74) is 5.39. The summed E-state index contributed by atoms with van der Waals surface area (Å²) in [6, 6.07) is 23.6. The monoisotopic (exact) mass is 485 g/mol. The van der Waals surface area contributed by atoms with E-state index in [2.05, 4.69) is 24.4 Å². The molecule has 0 fully saturated rings. The van der Waals surface area contributed by atoms with Crippen LogP contribution in [-0.2, 0) is 11.3 Å². The van der Waals surface area contributed by atoms with E-state index in [0.29, 0.717) is 18.5 Å². The predicted octanol–water partition coefficient (Wildman–Crippen LogP) is 6.84. The minimum Gasteiger partial charge on any atom is -0.377 e. The summed E-state index contributed by atoms with van der Waals surface area (Å²) in [7, 11) is 3.98. The minimum absolute atomic E-state index is 0.0172. The molecule has 5 heteroatoms. The number of rotatable bonds is 8. The van der Waals surface area contributed by atoms with Crippen molar-refractivity contribution in [3.63, 3.8) is 0 Å². The van der Waals surface area contributed by atoms with Gasteiger partial charge in [-0.15, -0.1) is 0 Å². The number of hydrogen-bond donors (Lipinski definition) is 1. The molecule has 0 heterocycles. The summed E-state index contributed by atoms with van der Waals surface area (Å²) in [5.74, 6) is -0.0432. The normalized spacial score (nSPS) is 12.1. The standard InChI is InChI=1S/C31H39N3O2/c1-22-12-11-15-25(18-22)30(36)34(23(2)24-13-9-8-10-14-24)21-26-19-27(16-17-28(26)33(6)7)32-29(35)20-31(3,4)5/h8-19,23H,20-21H2,1-7H3,(H,32,35). The number of carbonyl (C=O) groups is 2. The SMILES string of the molecule is Cc1cccc(C(=O)N(Cc2cc(NC(=O)CC(C)(C)C)ccc2N(C)C)C(C)c2ccccc2)c1. The molecule has 3 rings (SSSR count). The molecule has 0 bridgehead atoms. The molecule has 0 aliphatic carbocycles. The molecule has 2 amide bonds. The van der Waals surface area contributed by atoms with Crippen molar-refractivity contribution in [2.24, 2.45) is 5.41 Å². The van der Waals surface area contributed by atoms with Crippen LogP contribution in [-0.4, -0.2) is 30.8 Å². The lowest BCUT2D eigenvalue weighted by molar-refractivity contribution is -0.117. The van der Waals surface area contributed by atoms with Crippen LogP contribution >= 0.6 is 0 Å². The highest BCUT2D eigenvalue weighted by Gasteiger charge is 2.25. The van der Waals surface area contributed by atoms with E-state index in [9.17, 15) is 9.59 Å². The quantitative estimate of drug-likeness (QED) is 0.380. The first-order valence-electron chi connectivity index (χ1n) is 12.5. The van der Waals surface area contributed by atoms with Crippen molar-refractivity contribution in [3.05, 3.63) is 95.1 Å². The van der Waals surface area contributed by atoms with Crippen molar-refractivity contribution >= 4 is 23.2 Å². The van der Waals surface area contributed by atoms with Crippen LogP contribution in [0.4, 0.5) is 11.4 Å². The van der Waals surface area contributed by atoms with Crippen LogP contribution in [0.15, 0.2) is 72.8 Å². The Hall–Kier alpha value is -3.60. The summed E-state index contributed by atoms with van der Waals surface area (Å²) < 4.78 is 0. The molecule has 0 aliphatic heterocycles. The van der Waals surface area contributed by atoms with Gasteiger partial charge in [-0.1, -0.05) is 68.8 Å². The Balaban J connectivity index is 2.00. The average Bonchev–Trinajstić information content (AvgIpc) is 2.81. The summed E-state index contributed by atoms with van der Waals surface area (Å²) in [4.78, 5) is 30.4. The van der Waals surface area contributed by atoms with Gasteiger partial charge in [0, 0.05) is 44.0 Å². The van der Waals surface area contributed by atoms with Crippen LogP contribution < -0.4 is 10.2 Å². The molecule has 1 unspecified atom stereocenters. The first-order valence-corrected chi connectivity index (χ1v) is 12.5. The van der Waals surface area contributed by atoms with Crippen LogP contribution in [0.1, 0.15) is 67.2 Å². The van der Waals surface area contributed by atoms with E-state index in [0.717, 1.165) is 28.1 Å². The van der Waals surface area contributed by atoms with Gasteiger partial charge in [0.2, 0.25) is 5.91 Å². The largest absolute Gasteiger partial charge is 0.377 e. The molecular weight excluding hydrogens is 446 g/mol. The summed E-state index contributed by atoms with van der Waals surface area (Å²) in [5, 5.41) is 3.05. The molecule has 0 saturated carbocycles. The molecule has 0 spiro atoms. The molecule has 1 N–H and O–H groups in total. The minimum atomic E-state index is -0.145. The van der Waals surface area contributed by atoms with Crippen molar-refractivity contribution in [1.29, 1.82) is 0 Å². The van der Waals surface area contributed by atoms with Crippen LogP contribution in [0, 0.1) is 12.3 Å². The number of nitrogens with one attached hydrogen (secondary N) is 1. The summed E-state index contributed by atoms with van der Waals surface area (Å²) >= 11 is 0. The Labute approximate surface area is 216 Å². The van der Waals surface area contributed by atoms with Gasteiger partial charge in [0.15, 0.2) is 0 Å². The molecule has 0 aliphatic rings. The highest BCUT2D eigenvalue weighted by Crippen LogP contribution is 2.30. The Morgan fingerprint density at radius 1 is 0.917 bits per heavy atom. The van der Waals surface area contributed by atoms with Crippen molar-refractivity contribution in [3.8, 4) is 0 Å². The van der Waals surface area contributed by atoms with Crippen LogP contribution in [0.5, 0.6) is 0 Å². The molecule has 0 aromatic heterocycles. The second kappa shape index (κ2) is 11.4. The lowest BCUT2D eigenvalue weighted by atomic mass is 9.92. The Morgan fingerprint density at radius 2 is 1.61 bits per heavy atom. The number of carbonyl (C=O) groups excluding carboxylic acids is 2. The van der Waals surface area contributed by atoms with E-state index in [1.54, 1.807) is 0 Å². The van der Waals surface area contributed by atoms with E-state index in [4.69, 9.17) is 0 Å². The van der Waals surface area contributed by atoms with Gasteiger partial charge in [-0.3, -0.25) is 9.59 Å². The smallest absolute Gasteiger partial charge is 0.254 e. The summed E-state index contributed by atoms with van der Waals surface area (Å²) in [6.45, 7) is 10.6. The van der Waals surface area contributed by atoms with Gasteiger partial charge >= 0.3 is 0 Å². The zero-order chi connectivity index (χ0) is 26.5. The van der Waals surface area contributed by atoms with Crippen LogP contribution in [0.25, 0.3) is 0 Å². The molecule has 0 radical (unpaired) electrons. The van der Waals surface area contributed by atoms with Gasteiger partial charge in [-0.2, -0.15) is 0 Å². The van der Waals surface area contributed by atoms with Gasteiger partial charge in [0.1, 0.15) is 0 Å². The number of amides is 2. The maximum absolute atomic E-state index is 13.9. The molecule has 1 atom stereocenters. The molecule has 3 aromatic rings. The van der Waals surface area contributed by atoms with E-state index in [1.807, 2.05) is 112 Å². The van der Waals surface area contributed by atoms with E-state index < -0.39 is 0 Å². The first kappa shape index (κ1) is 27.0. The van der Waals surface area contributed by atoms with Crippen molar-refractivity contribution in [1.82, 2.24) is 4.90 Å². The number of aryl methyl sites for hydroxylation is 1. The third-order valence-electron chi connectivity index (χ3n) is 6.15. The van der Waals surface area contributed by atoms with Crippen LogP contribution in [0.2, 0.25) is 0 Å². The fourth-order valence-electron chi connectivity index (χ4n) is 4.34. The average molecular weight is 486 g/mol. The zero-order valence-electron chi connectivity index (χ0n) is 22.6. The van der Waals surface area contributed by atoms with E-state index >= 15 is 0 Å². The molecule has 5 nitrogen and oxygen atoms in total. The third-order valence-corrected chi connectivity index (χ3v) is 6.15. The fraction of sp³-hybridized carbons (Fsp3) is 0.355. The second-order valence-corrected chi connectivity index (χ2v) is 10.9. The van der Waals surface area contributed by atoms with Crippen molar-refractivity contribution in [2.75, 3.05) is 24.3 Å². The first-order chi connectivity index (χ1) is 16.9. The number of nitrogens with zero attached hydrogens (tertiary/aromatic N) is 2. The number of hydrogen-bond acceptors (Lipinski definition) is 3. The molecule has 190 valence electrons. The zero-order valence-corrected chi connectivity index (χ0v) is 22.6. The number of anilines is 2. The van der Waals surface area contributed by atoms with Gasteiger partial charge in [0.05, 0.1) is 6.04 Å². The fourth-order valence-corrected chi connectivity index (χ4v) is 4.34. The second-order valence-electron chi connectivity index (χ2n) is 10.9. The number of benzene rings is 3. The maximum atomic E-state index is 13.9. The van der Waals surface area contributed by atoms with Gasteiger partial charge < -0.3 is 15.1 Å². The maximum Gasteiger partial charge on any atom is 0.254 e. The van der Waals surface area contributed by atoms with Gasteiger partial charge in [-0.05, 0) is 60.7 Å². The Bertz CT molecular complexity index is 1200. The van der Waals surface area contributed by atoms with E-state index in [1.165, 1.54) is 0 Å².